The Morgan fingerprint density at radius 1 is 1.44 bits per heavy atom. The highest BCUT2D eigenvalue weighted by Gasteiger charge is 2.32. The number of aromatic amines is 1. The van der Waals surface area contributed by atoms with Crippen LogP contribution in [0.15, 0.2) is 6.20 Å². The maximum Gasteiger partial charge on any atom is 0.339 e. The molecule has 0 aliphatic rings. The smallest absolute Gasteiger partial charge is 0.339 e. The number of hydrogen-bond donors (Lipinski definition) is 2. The van der Waals surface area contributed by atoms with Crippen molar-refractivity contribution in [3.05, 3.63) is 17.5 Å². The van der Waals surface area contributed by atoms with Gasteiger partial charge in [0.1, 0.15) is 11.3 Å². The summed E-state index contributed by atoms with van der Waals surface area (Å²) in [6, 6.07) is 0. The van der Waals surface area contributed by atoms with E-state index in [9.17, 15) is 18.0 Å². The highest BCUT2D eigenvalue weighted by atomic mass is 32.2. The van der Waals surface area contributed by atoms with E-state index in [1.54, 1.807) is 0 Å². The Labute approximate surface area is 91.4 Å². The van der Waals surface area contributed by atoms with E-state index in [2.05, 4.69) is 10.2 Å². The predicted octanol–water partition coefficient (Wildman–Crippen LogP) is 0.0713. The summed E-state index contributed by atoms with van der Waals surface area (Å²) in [5.41, 5.74) is -0.963. The number of carbonyl (C=O) groups is 2. The van der Waals surface area contributed by atoms with Crippen LogP contribution in [0.25, 0.3) is 0 Å². The predicted molar refractivity (Wildman–Crippen MR) is 53.9 cm³/mol. The lowest BCUT2D eigenvalue weighted by Gasteiger charge is -2.04. The van der Waals surface area contributed by atoms with Crippen LogP contribution < -0.4 is 0 Å². The van der Waals surface area contributed by atoms with Gasteiger partial charge in [0.2, 0.25) is 9.84 Å². The minimum Gasteiger partial charge on any atom is -0.478 e. The molecule has 8 heteroatoms. The summed E-state index contributed by atoms with van der Waals surface area (Å²) in [6.45, 7) is 2.67. The van der Waals surface area contributed by atoms with Crippen LogP contribution in [0.2, 0.25) is 0 Å². The topological polar surface area (TPSA) is 117 Å². The Morgan fingerprint density at radius 2 is 2.00 bits per heavy atom. The molecule has 0 atom stereocenters. The number of nitrogens with one attached hydrogen (secondary N) is 1. The van der Waals surface area contributed by atoms with Gasteiger partial charge in [0.15, 0.2) is 0 Å². The highest BCUT2D eigenvalue weighted by molar-refractivity contribution is 8.07. The lowest BCUT2D eigenvalue weighted by atomic mass is 10.3. The molecule has 1 heterocycles. The highest BCUT2D eigenvalue weighted by Crippen LogP contribution is 2.13. The van der Waals surface area contributed by atoms with E-state index in [1.807, 2.05) is 0 Å². The number of rotatable bonds is 3. The SMILES string of the molecule is CC(C)S(=O)(=O)C(=O)c1[nH]ncc1C(=O)O. The number of H-pyrrole nitrogens is 1. The molecule has 88 valence electrons. The molecular formula is C8H10N2O5S. The number of sulfone groups is 1. The van der Waals surface area contributed by atoms with Gasteiger partial charge in [-0.05, 0) is 13.8 Å². The van der Waals surface area contributed by atoms with Crippen molar-refractivity contribution in [1.82, 2.24) is 10.2 Å². The summed E-state index contributed by atoms with van der Waals surface area (Å²) >= 11 is 0. The fraction of sp³-hybridized carbons (Fsp3) is 0.375. The summed E-state index contributed by atoms with van der Waals surface area (Å²) in [4.78, 5) is 22.2. The zero-order chi connectivity index (χ0) is 12.5. The second-order valence-electron chi connectivity index (χ2n) is 3.35. The molecule has 0 unspecified atom stereocenters. The Hall–Kier alpha value is -1.70. The number of carboxylic acid groups (broad SMARTS) is 1. The Balaban J connectivity index is 3.27. The monoisotopic (exact) mass is 246 g/mol. The number of aromatic carboxylic acids is 1. The number of carboxylic acids is 1. The van der Waals surface area contributed by atoms with Gasteiger partial charge in [-0.3, -0.25) is 9.89 Å². The molecule has 0 aromatic carbocycles. The van der Waals surface area contributed by atoms with Crippen LogP contribution in [-0.2, 0) is 9.84 Å². The van der Waals surface area contributed by atoms with Gasteiger partial charge in [0.25, 0.3) is 5.12 Å². The molecule has 1 aromatic rings. The molecule has 0 spiro atoms. The van der Waals surface area contributed by atoms with Crippen LogP contribution in [0.4, 0.5) is 0 Å². The normalized spacial score (nSPS) is 11.7. The Bertz CT molecular complexity index is 528. The van der Waals surface area contributed by atoms with Gasteiger partial charge in [-0.2, -0.15) is 5.10 Å². The molecule has 0 aliphatic heterocycles. The second kappa shape index (κ2) is 4.05. The number of carbonyl (C=O) groups excluding carboxylic acids is 1. The third kappa shape index (κ3) is 1.96. The fourth-order valence-electron chi connectivity index (χ4n) is 0.960. The lowest BCUT2D eigenvalue weighted by molar-refractivity contribution is 0.0693. The van der Waals surface area contributed by atoms with Gasteiger partial charge in [-0.15, -0.1) is 0 Å². The van der Waals surface area contributed by atoms with Gasteiger partial charge >= 0.3 is 5.97 Å². The summed E-state index contributed by atoms with van der Waals surface area (Å²) in [6.07, 6.45) is 0.894. The minimum atomic E-state index is -4.03. The molecule has 1 rings (SSSR count). The van der Waals surface area contributed by atoms with E-state index in [-0.39, 0.29) is 0 Å². The van der Waals surface area contributed by atoms with E-state index in [0.717, 1.165) is 6.20 Å². The second-order valence-corrected chi connectivity index (χ2v) is 5.75. The van der Waals surface area contributed by atoms with Gasteiger partial charge in [-0.25, -0.2) is 13.2 Å². The van der Waals surface area contributed by atoms with Gasteiger partial charge in [0.05, 0.1) is 11.4 Å². The lowest BCUT2D eigenvalue weighted by Crippen LogP contribution is -2.25. The van der Waals surface area contributed by atoms with Crippen molar-refractivity contribution in [3.8, 4) is 0 Å². The molecule has 0 aliphatic carbocycles. The molecular weight excluding hydrogens is 236 g/mol. The van der Waals surface area contributed by atoms with Crippen molar-refractivity contribution >= 4 is 20.9 Å². The maximum atomic E-state index is 11.6. The van der Waals surface area contributed by atoms with E-state index in [1.165, 1.54) is 13.8 Å². The average Bonchev–Trinajstić information content (AvgIpc) is 2.64. The molecule has 0 saturated carbocycles. The van der Waals surface area contributed by atoms with Crippen molar-refractivity contribution in [2.75, 3.05) is 0 Å². The summed E-state index contributed by atoms with van der Waals surface area (Å²) in [5.74, 6) is -1.41. The van der Waals surface area contributed by atoms with E-state index in [0.29, 0.717) is 0 Å². The van der Waals surface area contributed by atoms with Crippen molar-refractivity contribution in [1.29, 1.82) is 0 Å². The van der Waals surface area contributed by atoms with Crippen LogP contribution in [0.3, 0.4) is 0 Å². The van der Waals surface area contributed by atoms with Crippen LogP contribution in [0.1, 0.15) is 34.7 Å². The molecule has 0 bridgehead atoms. The summed E-state index contributed by atoms with van der Waals surface area (Å²) in [7, 11) is -4.03. The third-order valence-corrected chi connectivity index (χ3v) is 3.92. The summed E-state index contributed by atoms with van der Waals surface area (Å²) < 4.78 is 23.0. The van der Waals surface area contributed by atoms with Crippen LogP contribution in [0.5, 0.6) is 0 Å². The van der Waals surface area contributed by atoms with Crippen LogP contribution in [-0.4, -0.2) is 40.1 Å². The zero-order valence-corrected chi connectivity index (χ0v) is 9.41. The molecule has 2 N–H and O–H groups in total. The summed E-state index contributed by atoms with van der Waals surface area (Å²) in [5, 5.41) is 12.0. The van der Waals surface area contributed by atoms with E-state index >= 15 is 0 Å². The first-order valence-electron chi connectivity index (χ1n) is 4.33. The van der Waals surface area contributed by atoms with Gasteiger partial charge in [-0.1, -0.05) is 0 Å². The van der Waals surface area contributed by atoms with Gasteiger partial charge < -0.3 is 5.11 Å². The van der Waals surface area contributed by atoms with Crippen molar-refractivity contribution < 1.29 is 23.1 Å². The van der Waals surface area contributed by atoms with Crippen LogP contribution in [0, 0.1) is 0 Å². The van der Waals surface area contributed by atoms with Crippen LogP contribution >= 0.6 is 0 Å². The van der Waals surface area contributed by atoms with Crippen molar-refractivity contribution in [3.63, 3.8) is 0 Å². The molecule has 0 radical (unpaired) electrons. The number of aromatic nitrogens is 2. The first-order valence-corrected chi connectivity index (χ1v) is 5.88. The molecule has 7 nitrogen and oxygen atoms in total. The van der Waals surface area contributed by atoms with Gasteiger partial charge in [0, 0.05) is 0 Å². The molecule has 16 heavy (non-hydrogen) atoms. The van der Waals surface area contributed by atoms with Crippen molar-refractivity contribution in [2.24, 2.45) is 0 Å². The fourth-order valence-corrected chi connectivity index (χ4v) is 1.83. The Morgan fingerprint density at radius 3 is 2.44 bits per heavy atom. The van der Waals surface area contributed by atoms with Crippen molar-refractivity contribution in [2.45, 2.75) is 19.1 Å². The minimum absolute atomic E-state index is 0.450. The zero-order valence-electron chi connectivity index (χ0n) is 8.59. The number of hydrogen-bond acceptors (Lipinski definition) is 5. The first-order chi connectivity index (χ1) is 7.28. The molecule has 0 fully saturated rings. The first kappa shape index (κ1) is 12.4. The molecule has 0 saturated heterocycles. The maximum absolute atomic E-state index is 11.6. The van der Waals surface area contributed by atoms with E-state index in [4.69, 9.17) is 5.11 Å². The standard InChI is InChI=1S/C8H10N2O5S/c1-4(2)16(14,15)8(13)6-5(7(11)12)3-9-10-6/h3-4H,1-2H3,(H,9,10)(H,11,12). The molecule has 1 aromatic heterocycles. The number of nitrogens with zero attached hydrogens (tertiary/aromatic N) is 1. The molecule has 0 amide bonds. The third-order valence-electron chi connectivity index (χ3n) is 1.95. The quantitative estimate of drug-likeness (QED) is 0.779. The Kier molecular flexibility index (Phi) is 3.13. The van der Waals surface area contributed by atoms with E-state index < -0.39 is 37.4 Å². The largest absolute Gasteiger partial charge is 0.478 e. The average molecular weight is 246 g/mol.